The molecule has 32 heavy (non-hydrogen) atoms. The Bertz CT molecular complexity index is 1010. The SMILES string of the molecule is O=C(/C=C\C(=O)OC(=O)c1ccccc1C(=O)O)OC(=O)c1ccccc1C(=O)O.[SnH4].[SnH4]. The standard InChI is InChI=1S/C20H12O10.2Sn.8H/c21-15(29-19(27)13-7-3-1-5-11(13)17(23)24)9-10-16(22)30-20(28)14-8-4-2-6-12(14)18(25)26;;;;;;;;;;/h1-10H,(H,23,24)(H,25,26);;;;;;;;;;/b10-9-;;;;;;;;;;. The minimum absolute atomic E-state index is 0. The average Bonchev–Trinajstić information content (AvgIpc) is 2.72. The number of carbonyl (C=O) groups is 6. The Balaban J connectivity index is 0.00000480. The number of hydrogen-bond acceptors (Lipinski definition) is 8. The van der Waals surface area contributed by atoms with Gasteiger partial charge in [0.1, 0.15) is 0 Å². The van der Waals surface area contributed by atoms with E-state index in [0.29, 0.717) is 12.2 Å². The van der Waals surface area contributed by atoms with E-state index in [1.807, 2.05) is 0 Å². The maximum absolute atomic E-state index is 11.9. The molecule has 2 rings (SSSR count). The van der Waals surface area contributed by atoms with E-state index >= 15 is 0 Å². The van der Waals surface area contributed by atoms with Crippen molar-refractivity contribution in [3.8, 4) is 0 Å². The molecule has 0 atom stereocenters. The molecule has 0 saturated carbocycles. The third-order valence-corrected chi connectivity index (χ3v) is 3.50. The zero-order valence-electron chi connectivity index (χ0n) is 14.9. The molecule has 2 aromatic rings. The Labute approximate surface area is 214 Å². The first-order valence-electron chi connectivity index (χ1n) is 8.05. The maximum atomic E-state index is 11.9. The second-order valence-electron chi connectivity index (χ2n) is 5.45. The van der Waals surface area contributed by atoms with Gasteiger partial charge in [-0.05, 0) is 24.3 Å². The van der Waals surface area contributed by atoms with Crippen LogP contribution < -0.4 is 0 Å². The summed E-state index contributed by atoms with van der Waals surface area (Å²) in [5.74, 6) is -7.99. The van der Waals surface area contributed by atoms with Crippen molar-refractivity contribution in [3.63, 3.8) is 0 Å². The summed E-state index contributed by atoms with van der Waals surface area (Å²) in [5.41, 5.74) is -1.53. The number of carboxylic acid groups (broad SMARTS) is 2. The predicted molar refractivity (Wildman–Crippen MR) is 119 cm³/mol. The van der Waals surface area contributed by atoms with Crippen LogP contribution in [0.25, 0.3) is 0 Å². The second-order valence-corrected chi connectivity index (χ2v) is 5.45. The third-order valence-electron chi connectivity index (χ3n) is 3.50. The normalized spacial score (nSPS) is 9.62. The summed E-state index contributed by atoms with van der Waals surface area (Å²) < 4.78 is 8.84. The van der Waals surface area contributed by atoms with Gasteiger partial charge in [-0.3, -0.25) is 0 Å². The fourth-order valence-corrected chi connectivity index (χ4v) is 2.19. The Kier molecular flexibility index (Phi) is 12.2. The van der Waals surface area contributed by atoms with Crippen LogP contribution in [0, 0.1) is 0 Å². The van der Waals surface area contributed by atoms with E-state index in [-0.39, 0.29) is 70.1 Å². The first kappa shape index (κ1) is 29.0. The molecule has 0 spiro atoms. The van der Waals surface area contributed by atoms with Crippen LogP contribution in [0.1, 0.15) is 41.4 Å². The van der Waals surface area contributed by atoms with Crippen LogP contribution in [-0.2, 0) is 19.1 Å². The zero-order valence-corrected chi connectivity index (χ0v) is 14.9. The van der Waals surface area contributed by atoms with Gasteiger partial charge in [-0.2, -0.15) is 0 Å². The number of carbonyl (C=O) groups excluding carboxylic acids is 4. The zero-order chi connectivity index (χ0) is 22.3. The number of hydrogen-bond donors (Lipinski definition) is 2. The number of rotatable bonds is 6. The summed E-state index contributed by atoms with van der Waals surface area (Å²) >= 11 is 0. The first-order chi connectivity index (χ1) is 14.2. The van der Waals surface area contributed by atoms with Crippen molar-refractivity contribution in [3.05, 3.63) is 82.9 Å². The van der Waals surface area contributed by atoms with Gasteiger partial charge >= 0.3 is 83.6 Å². The number of ether oxygens (including phenoxy) is 2. The van der Waals surface area contributed by atoms with Crippen molar-refractivity contribution in [2.45, 2.75) is 0 Å². The van der Waals surface area contributed by atoms with E-state index in [2.05, 4.69) is 9.47 Å². The van der Waals surface area contributed by atoms with E-state index in [0.717, 1.165) is 24.3 Å². The molecule has 0 radical (unpaired) electrons. The fourth-order valence-electron chi connectivity index (χ4n) is 2.19. The van der Waals surface area contributed by atoms with Gasteiger partial charge in [0.05, 0.1) is 22.3 Å². The molecule has 0 aliphatic heterocycles. The average molecular weight is 658 g/mol. The van der Waals surface area contributed by atoms with E-state index in [1.165, 1.54) is 24.3 Å². The topological polar surface area (TPSA) is 161 Å². The number of benzene rings is 2. The molecule has 0 amide bonds. The monoisotopic (exact) mass is 660 g/mol. The fraction of sp³-hybridized carbons (Fsp3) is 0. The van der Waals surface area contributed by atoms with Crippen LogP contribution in [0.5, 0.6) is 0 Å². The van der Waals surface area contributed by atoms with Crippen molar-refractivity contribution < 1.29 is 48.5 Å². The van der Waals surface area contributed by atoms with Gasteiger partial charge < -0.3 is 19.7 Å². The molecule has 0 aromatic heterocycles. The molecule has 0 aliphatic rings. The van der Waals surface area contributed by atoms with Crippen LogP contribution in [-0.4, -0.2) is 93.8 Å². The van der Waals surface area contributed by atoms with Gasteiger partial charge in [-0.25, -0.2) is 28.8 Å². The molecule has 10 nitrogen and oxygen atoms in total. The molecule has 0 unspecified atom stereocenters. The van der Waals surface area contributed by atoms with Gasteiger partial charge in [0.15, 0.2) is 0 Å². The van der Waals surface area contributed by atoms with Gasteiger partial charge in [0, 0.05) is 12.2 Å². The van der Waals surface area contributed by atoms with Crippen LogP contribution in [0.2, 0.25) is 0 Å². The third kappa shape index (κ3) is 7.92. The van der Waals surface area contributed by atoms with Crippen molar-refractivity contribution in [2.24, 2.45) is 0 Å². The van der Waals surface area contributed by atoms with Crippen LogP contribution in [0.15, 0.2) is 60.7 Å². The van der Waals surface area contributed by atoms with E-state index < -0.39 is 35.8 Å². The molecule has 168 valence electrons. The summed E-state index contributed by atoms with van der Waals surface area (Å²) in [7, 11) is 0. The van der Waals surface area contributed by atoms with E-state index in [4.69, 9.17) is 10.2 Å². The summed E-state index contributed by atoms with van der Waals surface area (Å²) in [6, 6.07) is 10.0. The second kappa shape index (κ2) is 13.4. The molecule has 0 bridgehead atoms. The Morgan fingerprint density at radius 2 is 0.844 bits per heavy atom. The van der Waals surface area contributed by atoms with Crippen LogP contribution >= 0.6 is 0 Å². The van der Waals surface area contributed by atoms with Crippen molar-refractivity contribution >= 4 is 83.6 Å². The Morgan fingerprint density at radius 1 is 0.562 bits per heavy atom. The molecule has 0 heterocycles. The van der Waals surface area contributed by atoms with Gasteiger partial charge in [0.25, 0.3) is 0 Å². The van der Waals surface area contributed by atoms with Gasteiger partial charge in [-0.1, -0.05) is 24.3 Å². The molecule has 0 aliphatic carbocycles. The Hall–Kier alpha value is -3.00. The number of carboxylic acids is 2. The summed E-state index contributed by atoms with van der Waals surface area (Å²) in [6.45, 7) is 0. The molecular formula is C20H20O10Sn2. The van der Waals surface area contributed by atoms with Crippen molar-refractivity contribution in [1.29, 1.82) is 0 Å². The summed E-state index contributed by atoms with van der Waals surface area (Å²) in [6.07, 6.45) is 0.972. The number of esters is 4. The molecular weight excluding hydrogens is 638 g/mol. The van der Waals surface area contributed by atoms with Gasteiger partial charge in [0.2, 0.25) is 0 Å². The summed E-state index contributed by atoms with van der Waals surface area (Å²) in [4.78, 5) is 69.3. The van der Waals surface area contributed by atoms with Crippen LogP contribution in [0.3, 0.4) is 0 Å². The van der Waals surface area contributed by atoms with Crippen molar-refractivity contribution in [1.82, 2.24) is 0 Å². The quantitative estimate of drug-likeness (QED) is 0.167. The van der Waals surface area contributed by atoms with E-state index in [1.54, 1.807) is 0 Å². The molecule has 12 heteroatoms. The van der Waals surface area contributed by atoms with E-state index in [9.17, 15) is 28.8 Å². The predicted octanol–water partition coefficient (Wildman–Crippen LogP) is -1.20. The minimum atomic E-state index is -1.41. The summed E-state index contributed by atoms with van der Waals surface area (Å²) in [5, 5.41) is 18.0. The van der Waals surface area contributed by atoms with Crippen LogP contribution in [0.4, 0.5) is 0 Å². The molecule has 0 saturated heterocycles. The van der Waals surface area contributed by atoms with Gasteiger partial charge in [-0.15, -0.1) is 0 Å². The Morgan fingerprint density at radius 3 is 1.12 bits per heavy atom. The number of aromatic carboxylic acids is 2. The van der Waals surface area contributed by atoms with Crippen molar-refractivity contribution in [2.75, 3.05) is 0 Å². The molecule has 0 fully saturated rings. The molecule has 2 N–H and O–H groups in total. The molecule has 2 aromatic carbocycles. The first-order valence-corrected chi connectivity index (χ1v) is 8.05.